The van der Waals surface area contributed by atoms with Crippen molar-refractivity contribution in [3.8, 4) is 0 Å². The monoisotopic (exact) mass is 571 g/mol. The SMILES string of the molecule is CC(C)(C)OC(=O)NC[C@H](C(=O)N(CCCc1ccccc1)[C@@H](O)c1nc2ccccc2o1)S(=O)(=O)CC1CC1. The third-order valence-electron chi connectivity index (χ3n) is 6.52. The van der Waals surface area contributed by atoms with E-state index < -0.39 is 45.5 Å². The predicted molar refractivity (Wildman–Crippen MR) is 150 cm³/mol. The summed E-state index contributed by atoms with van der Waals surface area (Å²) in [5.74, 6) is -1.14. The zero-order chi connectivity index (χ0) is 28.9. The highest BCUT2D eigenvalue weighted by molar-refractivity contribution is 7.92. The molecular formula is C29H37N3O7S. The van der Waals surface area contributed by atoms with E-state index in [-0.39, 0.29) is 24.1 Å². The van der Waals surface area contributed by atoms with Crippen LogP contribution in [0.2, 0.25) is 0 Å². The lowest BCUT2D eigenvalue weighted by atomic mass is 10.1. The summed E-state index contributed by atoms with van der Waals surface area (Å²) in [5.41, 5.74) is 1.16. The number of aryl methyl sites for hydroxylation is 1. The minimum atomic E-state index is -3.98. The van der Waals surface area contributed by atoms with Crippen molar-refractivity contribution in [3.63, 3.8) is 0 Å². The van der Waals surface area contributed by atoms with Gasteiger partial charge in [-0.2, -0.15) is 0 Å². The number of hydrogen-bond donors (Lipinski definition) is 2. The summed E-state index contributed by atoms with van der Waals surface area (Å²) in [4.78, 5) is 31.8. The molecule has 216 valence electrons. The van der Waals surface area contributed by atoms with Gasteiger partial charge in [0.15, 0.2) is 20.7 Å². The maximum atomic E-state index is 14.0. The van der Waals surface area contributed by atoms with Gasteiger partial charge in [-0.15, -0.1) is 0 Å². The summed E-state index contributed by atoms with van der Waals surface area (Å²) in [6, 6.07) is 16.6. The number of fused-ring (bicyclic) bond motifs is 1. The van der Waals surface area contributed by atoms with Crippen molar-refractivity contribution in [1.82, 2.24) is 15.2 Å². The van der Waals surface area contributed by atoms with Gasteiger partial charge in [0.1, 0.15) is 11.1 Å². The molecular weight excluding hydrogens is 534 g/mol. The molecule has 1 aliphatic carbocycles. The second kappa shape index (κ2) is 12.4. The molecule has 0 bridgehead atoms. The van der Waals surface area contributed by atoms with Crippen molar-refractivity contribution in [2.45, 2.75) is 63.5 Å². The van der Waals surface area contributed by atoms with Crippen LogP contribution in [0.5, 0.6) is 0 Å². The standard InChI is InChI=1S/C29H37N3O7S/c1-29(2,3)39-28(35)30-18-24(40(36,37)19-21-15-16-21)26(33)32(17-9-12-20-10-5-4-6-11-20)27(34)25-31-22-13-7-8-14-23(22)38-25/h4-8,10-11,13-14,21,24,27,34H,9,12,15-19H2,1-3H3,(H,30,35)/t24-,27+/m1/s1. The third-order valence-corrected chi connectivity index (χ3v) is 8.69. The van der Waals surface area contributed by atoms with E-state index in [1.807, 2.05) is 30.3 Å². The first-order chi connectivity index (χ1) is 18.9. The van der Waals surface area contributed by atoms with Crippen LogP contribution >= 0.6 is 0 Å². The Morgan fingerprint density at radius 2 is 1.80 bits per heavy atom. The lowest BCUT2D eigenvalue weighted by Crippen LogP contribution is -2.51. The molecule has 1 saturated carbocycles. The number of amides is 2. The summed E-state index contributed by atoms with van der Waals surface area (Å²) >= 11 is 0. The van der Waals surface area contributed by atoms with Crippen molar-refractivity contribution >= 4 is 32.9 Å². The van der Waals surface area contributed by atoms with Gasteiger partial charge in [0.2, 0.25) is 18.0 Å². The zero-order valence-electron chi connectivity index (χ0n) is 23.1. The molecule has 0 unspecified atom stereocenters. The first-order valence-electron chi connectivity index (χ1n) is 13.5. The number of nitrogens with zero attached hydrogens (tertiary/aromatic N) is 2. The fourth-order valence-electron chi connectivity index (χ4n) is 4.36. The Morgan fingerprint density at radius 1 is 1.12 bits per heavy atom. The number of para-hydroxylation sites is 2. The summed E-state index contributed by atoms with van der Waals surface area (Å²) in [6.45, 7) is 4.60. The van der Waals surface area contributed by atoms with E-state index in [4.69, 9.17) is 9.15 Å². The molecule has 0 radical (unpaired) electrons. The van der Waals surface area contributed by atoms with Crippen LogP contribution in [0.3, 0.4) is 0 Å². The quantitative estimate of drug-likeness (QED) is 0.311. The first kappa shape index (κ1) is 29.5. The molecule has 1 fully saturated rings. The maximum absolute atomic E-state index is 14.0. The van der Waals surface area contributed by atoms with E-state index in [0.29, 0.717) is 23.9 Å². The number of carbonyl (C=O) groups excluding carboxylic acids is 2. The molecule has 3 aromatic rings. The van der Waals surface area contributed by atoms with Gasteiger partial charge in [-0.1, -0.05) is 42.5 Å². The zero-order valence-corrected chi connectivity index (χ0v) is 23.9. The Labute approximate surface area is 234 Å². The average Bonchev–Trinajstić information content (AvgIpc) is 3.58. The number of aliphatic hydroxyl groups excluding tert-OH is 1. The molecule has 11 heteroatoms. The van der Waals surface area contributed by atoms with E-state index in [1.54, 1.807) is 45.0 Å². The van der Waals surface area contributed by atoms with Crippen molar-refractivity contribution in [3.05, 3.63) is 66.1 Å². The fourth-order valence-corrected chi connectivity index (χ4v) is 6.36. The number of benzene rings is 2. The normalized spacial score (nSPS) is 15.4. The number of hydrogen-bond acceptors (Lipinski definition) is 8. The van der Waals surface area contributed by atoms with Gasteiger partial charge in [-0.25, -0.2) is 18.2 Å². The second-order valence-corrected chi connectivity index (χ2v) is 13.4. The molecule has 2 atom stereocenters. The van der Waals surface area contributed by atoms with Crippen LogP contribution in [0.4, 0.5) is 4.79 Å². The van der Waals surface area contributed by atoms with Crippen LogP contribution in [-0.4, -0.2) is 65.1 Å². The number of alkyl carbamates (subject to hydrolysis) is 1. The molecule has 40 heavy (non-hydrogen) atoms. The lowest BCUT2D eigenvalue weighted by molar-refractivity contribution is -0.143. The molecule has 2 aromatic carbocycles. The van der Waals surface area contributed by atoms with Crippen LogP contribution in [0.1, 0.15) is 57.7 Å². The van der Waals surface area contributed by atoms with E-state index in [0.717, 1.165) is 23.3 Å². The number of aliphatic hydroxyl groups is 1. The molecule has 2 N–H and O–H groups in total. The summed E-state index contributed by atoms with van der Waals surface area (Å²) < 4.78 is 37.9. The van der Waals surface area contributed by atoms with Crippen LogP contribution < -0.4 is 5.32 Å². The topological polar surface area (TPSA) is 139 Å². The van der Waals surface area contributed by atoms with Crippen LogP contribution in [0, 0.1) is 5.92 Å². The van der Waals surface area contributed by atoms with Gasteiger partial charge in [0.05, 0.1) is 5.75 Å². The highest BCUT2D eigenvalue weighted by atomic mass is 32.2. The summed E-state index contributed by atoms with van der Waals surface area (Å²) in [7, 11) is -3.98. The number of carbonyl (C=O) groups is 2. The highest BCUT2D eigenvalue weighted by Gasteiger charge is 2.42. The maximum Gasteiger partial charge on any atom is 0.407 e. The van der Waals surface area contributed by atoms with Crippen molar-refractivity contribution < 1.29 is 32.3 Å². The van der Waals surface area contributed by atoms with Crippen LogP contribution in [0.25, 0.3) is 11.1 Å². The van der Waals surface area contributed by atoms with Crippen molar-refractivity contribution in [2.75, 3.05) is 18.8 Å². The van der Waals surface area contributed by atoms with Gasteiger partial charge in [-0.05, 0) is 70.1 Å². The first-order valence-corrected chi connectivity index (χ1v) is 15.2. The summed E-state index contributed by atoms with van der Waals surface area (Å²) in [5, 5.41) is 12.2. The number of aromatic nitrogens is 1. The van der Waals surface area contributed by atoms with Gasteiger partial charge < -0.3 is 24.5 Å². The number of nitrogens with one attached hydrogen (secondary N) is 1. The van der Waals surface area contributed by atoms with E-state index >= 15 is 0 Å². The molecule has 1 aromatic heterocycles. The van der Waals surface area contributed by atoms with Gasteiger partial charge in [0.25, 0.3) is 0 Å². The number of sulfone groups is 1. The Bertz CT molecular complexity index is 1380. The van der Waals surface area contributed by atoms with Crippen molar-refractivity contribution in [2.24, 2.45) is 5.92 Å². The number of oxazole rings is 1. The molecule has 4 rings (SSSR count). The second-order valence-electron chi connectivity index (χ2n) is 11.2. The van der Waals surface area contributed by atoms with Crippen molar-refractivity contribution in [1.29, 1.82) is 0 Å². The number of rotatable bonds is 12. The Kier molecular flexibility index (Phi) is 9.15. The molecule has 2 amide bonds. The number of ether oxygens (including phenoxy) is 1. The largest absolute Gasteiger partial charge is 0.444 e. The van der Waals surface area contributed by atoms with Crippen LogP contribution in [0.15, 0.2) is 59.0 Å². The highest BCUT2D eigenvalue weighted by Crippen LogP contribution is 2.32. The smallest absolute Gasteiger partial charge is 0.407 e. The Balaban J connectivity index is 1.60. The lowest BCUT2D eigenvalue weighted by Gasteiger charge is -2.30. The minimum absolute atomic E-state index is 0.0182. The Morgan fingerprint density at radius 3 is 2.45 bits per heavy atom. The molecule has 0 spiro atoms. The summed E-state index contributed by atoms with van der Waals surface area (Å²) in [6.07, 6.45) is 0.123. The van der Waals surface area contributed by atoms with Gasteiger partial charge in [0, 0.05) is 13.1 Å². The minimum Gasteiger partial charge on any atom is -0.444 e. The van der Waals surface area contributed by atoms with E-state index in [9.17, 15) is 23.1 Å². The van der Waals surface area contributed by atoms with Gasteiger partial charge in [-0.3, -0.25) is 4.79 Å². The molecule has 0 saturated heterocycles. The Hall–Kier alpha value is -3.44. The fraction of sp³-hybridized carbons (Fsp3) is 0.483. The molecule has 10 nitrogen and oxygen atoms in total. The van der Waals surface area contributed by atoms with Gasteiger partial charge >= 0.3 is 6.09 Å². The molecule has 1 heterocycles. The van der Waals surface area contributed by atoms with Crippen LogP contribution in [-0.2, 0) is 25.8 Å². The third kappa shape index (κ3) is 8.04. The predicted octanol–water partition coefficient (Wildman–Crippen LogP) is 4.00. The van der Waals surface area contributed by atoms with E-state index in [1.165, 1.54) is 0 Å². The molecule has 1 aliphatic rings. The average molecular weight is 572 g/mol. The molecule has 0 aliphatic heterocycles. The van der Waals surface area contributed by atoms with E-state index in [2.05, 4.69) is 10.3 Å².